The molecule has 0 bridgehead atoms. The molecule has 0 unspecified atom stereocenters. The summed E-state index contributed by atoms with van der Waals surface area (Å²) in [7, 11) is 0. The van der Waals surface area contributed by atoms with Gasteiger partial charge < -0.3 is 0 Å². The Morgan fingerprint density at radius 2 is 1.62 bits per heavy atom. The Morgan fingerprint density at radius 3 is 1.92 bits per heavy atom. The van der Waals surface area contributed by atoms with Crippen LogP contribution in [0.25, 0.3) is 0 Å². The van der Waals surface area contributed by atoms with Crippen LogP contribution in [0.2, 0.25) is 5.32 Å². The van der Waals surface area contributed by atoms with Crippen LogP contribution < -0.4 is 0 Å². The van der Waals surface area contributed by atoms with E-state index in [1.165, 1.54) is 43.8 Å². The van der Waals surface area contributed by atoms with Crippen molar-refractivity contribution in [1.29, 1.82) is 0 Å². The third-order valence-corrected chi connectivity index (χ3v) is 6.24. The first-order chi connectivity index (χ1) is 6.42. The van der Waals surface area contributed by atoms with Crippen LogP contribution in [-0.2, 0) is 13.9 Å². The summed E-state index contributed by atoms with van der Waals surface area (Å²) in [6.45, 7) is 2.37. The zero-order valence-corrected chi connectivity index (χ0v) is 9.56. The number of rotatable bonds is 3. The van der Waals surface area contributed by atoms with Crippen LogP contribution in [0.5, 0.6) is 0 Å². The van der Waals surface area contributed by atoms with Gasteiger partial charge in [-0.1, -0.05) is 0 Å². The molecule has 0 N–H and O–H groups in total. The Balaban J connectivity index is 2.07. The molecule has 0 heterocycles. The minimum absolute atomic E-state index is 0.0278. The Kier molecular flexibility index (Phi) is 3.29. The van der Waals surface area contributed by atoms with Crippen molar-refractivity contribution in [1.82, 2.24) is 0 Å². The second-order valence-electron chi connectivity index (χ2n) is 3.64. The topological polar surface area (TPSA) is 0 Å². The molecule has 0 aromatic carbocycles. The van der Waals surface area contributed by atoms with E-state index in [1.54, 1.807) is 0 Å². The molecule has 0 atom stereocenters. The molecule has 0 nitrogen and oxygen atoms in total. The summed E-state index contributed by atoms with van der Waals surface area (Å²) in [6.07, 6.45) is 13.4. The SMILES string of the molecule is C[CH2][Fe]([C]1=CCCC1)[C]1=CCCC1. The van der Waals surface area contributed by atoms with Gasteiger partial charge in [0.2, 0.25) is 0 Å². The molecule has 0 saturated carbocycles. The van der Waals surface area contributed by atoms with Crippen LogP contribution >= 0.6 is 0 Å². The Bertz CT molecular complexity index is 214. The fraction of sp³-hybridized carbons (Fsp3) is 0.667. The minimum atomic E-state index is -0.0278. The molecule has 0 amide bonds. The van der Waals surface area contributed by atoms with Crippen LogP contribution in [-0.4, -0.2) is 0 Å². The molecule has 2 aliphatic carbocycles. The van der Waals surface area contributed by atoms with Crippen LogP contribution in [0.15, 0.2) is 21.1 Å². The van der Waals surface area contributed by atoms with E-state index in [0.29, 0.717) is 0 Å². The summed E-state index contributed by atoms with van der Waals surface area (Å²) in [5, 5.41) is 1.40. The third kappa shape index (κ3) is 2.08. The van der Waals surface area contributed by atoms with Crippen molar-refractivity contribution in [2.24, 2.45) is 0 Å². The van der Waals surface area contributed by atoms with Gasteiger partial charge in [0.05, 0.1) is 0 Å². The molecule has 0 aromatic heterocycles. The van der Waals surface area contributed by atoms with Gasteiger partial charge >= 0.3 is 85.8 Å². The van der Waals surface area contributed by atoms with E-state index in [-0.39, 0.29) is 13.9 Å². The van der Waals surface area contributed by atoms with Crippen molar-refractivity contribution in [3.05, 3.63) is 21.1 Å². The molecule has 0 aromatic rings. The molecule has 0 radical (unpaired) electrons. The Labute approximate surface area is 86.0 Å². The van der Waals surface area contributed by atoms with Crippen LogP contribution in [0.4, 0.5) is 0 Å². The van der Waals surface area contributed by atoms with Gasteiger partial charge in [0.1, 0.15) is 0 Å². The summed E-state index contributed by atoms with van der Waals surface area (Å²) in [5.41, 5.74) is 0. The fourth-order valence-electron chi connectivity index (χ4n) is 2.10. The molecule has 75 valence electrons. The van der Waals surface area contributed by atoms with Gasteiger partial charge in [-0.15, -0.1) is 0 Å². The normalized spacial score (nSPS) is 23.0. The number of allylic oxidation sites excluding steroid dienone is 4. The maximum absolute atomic E-state index is 2.53. The summed E-state index contributed by atoms with van der Waals surface area (Å²) in [5.74, 6) is 0. The van der Waals surface area contributed by atoms with Gasteiger partial charge in [-0.3, -0.25) is 0 Å². The van der Waals surface area contributed by atoms with Gasteiger partial charge in [0.15, 0.2) is 0 Å². The summed E-state index contributed by atoms with van der Waals surface area (Å²) >= 11 is -0.0278. The van der Waals surface area contributed by atoms with Gasteiger partial charge in [-0.25, -0.2) is 0 Å². The molecular weight excluding hydrogens is 200 g/mol. The van der Waals surface area contributed by atoms with Crippen molar-refractivity contribution < 1.29 is 13.9 Å². The molecule has 0 saturated heterocycles. The molecule has 2 aliphatic rings. The van der Waals surface area contributed by atoms with E-state index in [4.69, 9.17) is 0 Å². The Morgan fingerprint density at radius 1 is 1.08 bits per heavy atom. The molecule has 0 aliphatic heterocycles. The van der Waals surface area contributed by atoms with Crippen LogP contribution in [0.3, 0.4) is 0 Å². The van der Waals surface area contributed by atoms with E-state index in [2.05, 4.69) is 19.1 Å². The maximum atomic E-state index is 2.53. The molecular formula is C12H19Fe. The van der Waals surface area contributed by atoms with Crippen LogP contribution in [0, 0.1) is 0 Å². The summed E-state index contributed by atoms with van der Waals surface area (Å²) in [4.78, 5) is 0. The zero-order valence-electron chi connectivity index (χ0n) is 8.46. The van der Waals surface area contributed by atoms with Crippen molar-refractivity contribution in [2.75, 3.05) is 0 Å². The first-order valence-corrected chi connectivity index (χ1v) is 7.30. The third-order valence-electron chi connectivity index (χ3n) is 2.75. The van der Waals surface area contributed by atoms with Gasteiger partial charge in [0.25, 0.3) is 0 Å². The predicted octanol–water partition coefficient (Wildman–Crippen LogP) is 4.18. The first kappa shape index (κ1) is 9.55. The Hall–Kier alpha value is -0.000519. The second-order valence-corrected chi connectivity index (χ2v) is 6.90. The van der Waals surface area contributed by atoms with Crippen molar-refractivity contribution in [3.8, 4) is 0 Å². The van der Waals surface area contributed by atoms with Crippen molar-refractivity contribution >= 4 is 0 Å². The molecule has 1 heteroatoms. The average Bonchev–Trinajstić information content (AvgIpc) is 2.76. The standard InChI is InChI=1S/2C5H7.C2H5.Fe/c2*1-2-4-5-3-1;1-2;/h2*1H,2,4-5H2;1H2,2H3;. The molecule has 0 spiro atoms. The summed E-state index contributed by atoms with van der Waals surface area (Å²) in [6, 6.07) is 0. The van der Waals surface area contributed by atoms with E-state index in [9.17, 15) is 0 Å². The average molecular weight is 219 g/mol. The van der Waals surface area contributed by atoms with E-state index < -0.39 is 0 Å². The van der Waals surface area contributed by atoms with Crippen molar-refractivity contribution in [2.45, 2.75) is 50.8 Å². The monoisotopic (exact) mass is 219 g/mol. The fourth-order valence-corrected chi connectivity index (χ4v) is 5.48. The molecule has 0 fully saturated rings. The van der Waals surface area contributed by atoms with Crippen LogP contribution in [0.1, 0.15) is 45.4 Å². The summed E-state index contributed by atoms with van der Waals surface area (Å²) < 4.78 is 3.66. The first-order valence-electron chi connectivity index (χ1n) is 5.41. The predicted molar refractivity (Wildman–Crippen MR) is 54.3 cm³/mol. The van der Waals surface area contributed by atoms with Crippen molar-refractivity contribution in [3.63, 3.8) is 0 Å². The number of hydrogen-bond donors (Lipinski definition) is 0. The van der Waals surface area contributed by atoms with E-state index >= 15 is 0 Å². The second kappa shape index (κ2) is 4.48. The zero-order chi connectivity index (χ0) is 9.10. The van der Waals surface area contributed by atoms with E-state index in [1.807, 2.05) is 8.94 Å². The molecule has 2 rings (SSSR count). The number of hydrogen-bond acceptors (Lipinski definition) is 0. The van der Waals surface area contributed by atoms with Gasteiger partial charge in [0, 0.05) is 0 Å². The van der Waals surface area contributed by atoms with Gasteiger partial charge in [-0.05, 0) is 0 Å². The van der Waals surface area contributed by atoms with Gasteiger partial charge in [-0.2, -0.15) is 0 Å². The molecule has 13 heavy (non-hydrogen) atoms. The van der Waals surface area contributed by atoms with E-state index in [0.717, 1.165) is 0 Å². The quantitative estimate of drug-likeness (QED) is 0.624.